The van der Waals surface area contributed by atoms with Gasteiger partial charge in [0, 0.05) is 6.54 Å². The number of rotatable bonds is 3. The van der Waals surface area contributed by atoms with Crippen LogP contribution in [0, 0.1) is 0 Å². The Balaban J connectivity index is 1.68. The number of nitrogens with one attached hydrogen (secondary N) is 1. The molecule has 0 spiro atoms. The number of ether oxygens (including phenoxy) is 2. The van der Waals surface area contributed by atoms with Gasteiger partial charge in [-0.05, 0) is 25.0 Å². The third-order valence-corrected chi connectivity index (χ3v) is 5.43. The maximum absolute atomic E-state index is 12.8. The first-order valence-corrected chi connectivity index (χ1v) is 8.92. The van der Waals surface area contributed by atoms with Crippen LogP contribution in [-0.2, 0) is 16.6 Å². The molecule has 0 fully saturated rings. The Morgan fingerprint density at radius 2 is 2.13 bits per heavy atom. The minimum absolute atomic E-state index is 0.0892. The first-order chi connectivity index (χ1) is 11.1. The van der Waals surface area contributed by atoms with E-state index < -0.39 is 16.1 Å². The summed E-state index contributed by atoms with van der Waals surface area (Å²) in [6.45, 7) is 1.50. The van der Waals surface area contributed by atoms with E-state index >= 15 is 0 Å². The van der Waals surface area contributed by atoms with Crippen molar-refractivity contribution in [3.05, 3.63) is 30.4 Å². The first-order valence-electron chi connectivity index (χ1n) is 7.44. The van der Waals surface area contributed by atoms with Gasteiger partial charge in [-0.25, -0.2) is 22.8 Å². The van der Waals surface area contributed by atoms with Gasteiger partial charge in [0.05, 0.1) is 6.04 Å². The first kappa shape index (κ1) is 14.5. The van der Waals surface area contributed by atoms with Gasteiger partial charge in [0.25, 0.3) is 0 Å². The van der Waals surface area contributed by atoms with Crippen LogP contribution in [0.15, 0.2) is 29.4 Å². The molecule has 23 heavy (non-hydrogen) atoms. The summed E-state index contributed by atoms with van der Waals surface area (Å²) >= 11 is 0. The quantitative estimate of drug-likeness (QED) is 0.893. The molecule has 4 rings (SSSR count). The van der Waals surface area contributed by atoms with Crippen LogP contribution in [-0.4, -0.2) is 36.4 Å². The highest BCUT2D eigenvalue weighted by molar-refractivity contribution is 7.89. The van der Waals surface area contributed by atoms with Gasteiger partial charge in [-0.15, -0.1) is 0 Å². The van der Waals surface area contributed by atoms with Crippen molar-refractivity contribution >= 4 is 10.0 Å². The number of sulfonamides is 1. The van der Waals surface area contributed by atoms with E-state index in [1.807, 2.05) is 0 Å². The van der Waals surface area contributed by atoms with Gasteiger partial charge in [0.2, 0.25) is 10.0 Å². The number of para-hydroxylation sites is 1. The summed E-state index contributed by atoms with van der Waals surface area (Å²) in [5.41, 5.74) is 0. The molecular weight excluding hydrogens is 320 g/mol. The zero-order valence-electron chi connectivity index (χ0n) is 12.3. The standard InChI is InChI=1S/C14H16N4O4S/c19-23(20,12-5-1-4-11-13(12)22-8-7-21-11)17-10-3-2-6-18-14(10)15-9-16-18/h1,4-5,9-10,17H,2-3,6-8H2/t10-/m0/s1. The average molecular weight is 336 g/mol. The molecule has 0 radical (unpaired) electrons. The third kappa shape index (κ3) is 2.55. The minimum atomic E-state index is -3.76. The van der Waals surface area contributed by atoms with Crippen molar-refractivity contribution in [2.24, 2.45) is 0 Å². The highest BCUT2D eigenvalue weighted by atomic mass is 32.2. The Hall–Kier alpha value is -2.13. The molecule has 0 bridgehead atoms. The molecule has 0 saturated heterocycles. The van der Waals surface area contributed by atoms with Crippen LogP contribution in [0.2, 0.25) is 0 Å². The summed E-state index contributed by atoms with van der Waals surface area (Å²) < 4.78 is 41.0. The summed E-state index contributed by atoms with van der Waals surface area (Å²) in [5, 5.41) is 4.11. The van der Waals surface area contributed by atoms with Gasteiger partial charge in [-0.3, -0.25) is 0 Å². The predicted molar refractivity (Wildman–Crippen MR) is 79.8 cm³/mol. The van der Waals surface area contributed by atoms with E-state index in [-0.39, 0.29) is 10.6 Å². The van der Waals surface area contributed by atoms with Gasteiger partial charge in [-0.2, -0.15) is 5.10 Å². The molecule has 1 N–H and O–H groups in total. The zero-order chi connectivity index (χ0) is 15.9. The molecule has 3 heterocycles. The summed E-state index contributed by atoms with van der Waals surface area (Å²) in [5.74, 6) is 1.36. The summed E-state index contributed by atoms with van der Waals surface area (Å²) in [6.07, 6.45) is 2.98. The topological polar surface area (TPSA) is 95.3 Å². The molecule has 1 aromatic heterocycles. The second-order valence-electron chi connectivity index (χ2n) is 5.44. The average Bonchev–Trinajstić information content (AvgIpc) is 3.04. The van der Waals surface area contributed by atoms with Crippen LogP contribution in [0.4, 0.5) is 0 Å². The molecule has 2 aliphatic rings. The van der Waals surface area contributed by atoms with Crippen molar-refractivity contribution in [2.75, 3.05) is 13.2 Å². The molecule has 0 amide bonds. The highest BCUT2D eigenvalue weighted by Crippen LogP contribution is 2.37. The number of benzene rings is 1. The number of aryl methyl sites for hydroxylation is 1. The summed E-state index contributed by atoms with van der Waals surface area (Å²) in [4.78, 5) is 4.26. The lowest BCUT2D eigenvalue weighted by Crippen LogP contribution is -2.34. The van der Waals surface area contributed by atoms with E-state index in [2.05, 4.69) is 14.8 Å². The largest absolute Gasteiger partial charge is 0.486 e. The van der Waals surface area contributed by atoms with Gasteiger partial charge in [-0.1, -0.05) is 6.07 Å². The predicted octanol–water partition coefficient (Wildman–Crippen LogP) is 0.863. The van der Waals surface area contributed by atoms with Crippen LogP contribution in [0.25, 0.3) is 0 Å². The van der Waals surface area contributed by atoms with Crippen molar-refractivity contribution in [2.45, 2.75) is 30.3 Å². The van der Waals surface area contributed by atoms with Crippen molar-refractivity contribution in [1.29, 1.82) is 0 Å². The minimum Gasteiger partial charge on any atom is -0.486 e. The van der Waals surface area contributed by atoms with Gasteiger partial charge < -0.3 is 9.47 Å². The number of nitrogens with zero attached hydrogens (tertiary/aromatic N) is 3. The number of hydrogen-bond donors (Lipinski definition) is 1. The van der Waals surface area contributed by atoms with Crippen molar-refractivity contribution < 1.29 is 17.9 Å². The molecule has 2 aromatic rings. The van der Waals surface area contributed by atoms with E-state index in [0.29, 0.717) is 31.2 Å². The van der Waals surface area contributed by atoms with Gasteiger partial charge in [0.15, 0.2) is 11.5 Å². The van der Waals surface area contributed by atoms with Crippen LogP contribution in [0.1, 0.15) is 24.7 Å². The fourth-order valence-electron chi connectivity index (χ4n) is 2.91. The SMILES string of the molecule is O=S(=O)(N[C@H]1CCCn2ncnc21)c1cccc2c1OCCO2. The molecule has 0 aliphatic carbocycles. The molecule has 8 nitrogen and oxygen atoms in total. The maximum Gasteiger partial charge on any atom is 0.245 e. The molecule has 2 aliphatic heterocycles. The molecule has 0 unspecified atom stereocenters. The molecule has 9 heteroatoms. The Labute approximate surface area is 133 Å². The third-order valence-electron chi connectivity index (χ3n) is 3.94. The van der Waals surface area contributed by atoms with Gasteiger partial charge >= 0.3 is 0 Å². The molecular formula is C14H16N4O4S. The fourth-order valence-corrected chi connectivity index (χ4v) is 4.30. The van der Waals surface area contributed by atoms with Crippen LogP contribution >= 0.6 is 0 Å². The van der Waals surface area contributed by atoms with E-state index in [9.17, 15) is 8.42 Å². The Kier molecular flexibility index (Phi) is 3.46. The van der Waals surface area contributed by atoms with Gasteiger partial charge in [0.1, 0.15) is 30.3 Å². The molecule has 1 aromatic carbocycles. The Morgan fingerprint density at radius 1 is 1.26 bits per heavy atom. The Morgan fingerprint density at radius 3 is 3.04 bits per heavy atom. The Bertz CT molecular complexity index is 833. The summed E-state index contributed by atoms with van der Waals surface area (Å²) in [6, 6.07) is 4.47. The fraction of sp³-hybridized carbons (Fsp3) is 0.429. The van der Waals surface area contributed by atoms with Crippen molar-refractivity contribution in [3.63, 3.8) is 0 Å². The van der Waals surface area contributed by atoms with Crippen LogP contribution < -0.4 is 14.2 Å². The van der Waals surface area contributed by atoms with E-state index in [1.54, 1.807) is 16.8 Å². The maximum atomic E-state index is 12.8. The summed E-state index contributed by atoms with van der Waals surface area (Å²) in [7, 11) is -3.76. The van der Waals surface area contributed by atoms with Crippen molar-refractivity contribution in [3.8, 4) is 11.5 Å². The zero-order valence-corrected chi connectivity index (χ0v) is 13.1. The lowest BCUT2D eigenvalue weighted by molar-refractivity contribution is 0.167. The second-order valence-corrected chi connectivity index (χ2v) is 7.12. The van der Waals surface area contributed by atoms with Crippen LogP contribution in [0.5, 0.6) is 11.5 Å². The smallest absolute Gasteiger partial charge is 0.245 e. The van der Waals surface area contributed by atoms with E-state index in [0.717, 1.165) is 13.0 Å². The molecule has 1 atom stereocenters. The van der Waals surface area contributed by atoms with E-state index in [4.69, 9.17) is 9.47 Å². The van der Waals surface area contributed by atoms with Crippen LogP contribution in [0.3, 0.4) is 0 Å². The monoisotopic (exact) mass is 336 g/mol. The second kappa shape index (κ2) is 5.50. The number of fused-ring (bicyclic) bond motifs is 2. The lowest BCUT2D eigenvalue weighted by Gasteiger charge is -2.25. The van der Waals surface area contributed by atoms with Crippen molar-refractivity contribution in [1.82, 2.24) is 19.5 Å². The number of aromatic nitrogens is 3. The highest BCUT2D eigenvalue weighted by Gasteiger charge is 2.31. The molecule has 0 saturated carbocycles. The normalized spacial score (nSPS) is 20.1. The van der Waals surface area contributed by atoms with E-state index in [1.165, 1.54) is 12.4 Å². The number of hydrogen-bond acceptors (Lipinski definition) is 6. The molecule has 122 valence electrons. The lowest BCUT2D eigenvalue weighted by atomic mass is 10.1.